The molecule has 1 fully saturated rings. The molecule has 0 heterocycles. The lowest BCUT2D eigenvalue weighted by molar-refractivity contribution is 0.0635. The third kappa shape index (κ3) is 4.93. The molecule has 116 valence electrons. The van der Waals surface area contributed by atoms with E-state index in [4.69, 9.17) is 4.74 Å². The Kier molecular flexibility index (Phi) is 4.14. The molecule has 3 N–H and O–H groups in total. The van der Waals surface area contributed by atoms with Gasteiger partial charge in [-0.2, -0.15) is 0 Å². The number of nitrogens with one attached hydrogen (secondary N) is 1. The Labute approximate surface area is 124 Å². The Hall–Kier alpha value is -1.75. The zero-order valence-corrected chi connectivity index (χ0v) is 12.8. The molecule has 1 aromatic carbocycles. The predicted octanol–water partition coefficient (Wildman–Crippen LogP) is 3.20. The summed E-state index contributed by atoms with van der Waals surface area (Å²) in [4.78, 5) is 11.7. The summed E-state index contributed by atoms with van der Waals surface area (Å²) in [7, 11) is 0. The van der Waals surface area contributed by atoms with Crippen LogP contribution < -0.4 is 5.32 Å². The molecule has 0 aromatic heterocycles. The van der Waals surface area contributed by atoms with Gasteiger partial charge in [0.2, 0.25) is 0 Å². The first-order chi connectivity index (χ1) is 9.67. The molecule has 21 heavy (non-hydrogen) atoms. The highest BCUT2D eigenvalue weighted by molar-refractivity contribution is 5.87. The van der Waals surface area contributed by atoms with E-state index in [0.717, 1.165) is 18.4 Å². The summed E-state index contributed by atoms with van der Waals surface area (Å²) >= 11 is 0. The normalized spacial score (nSPS) is 16.4. The Morgan fingerprint density at radius 2 is 2.05 bits per heavy atom. The van der Waals surface area contributed by atoms with Crippen LogP contribution in [0.2, 0.25) is 0 Å². The Morgan fingerprint density at radius 1 is 1.38 bits per heavy atom. The summed E-state index contributed by atoms with van der Waals surface area (Å²) in [6, 6.07) is 5.05. The van der Waals surface area contributed by atoms with Crippen molar-refractivity contribution in [2.24, 2.45) is 0 Å². The van der Waals surface area contributed by atoms with Gasteiger partial charge in [0.05, 0.1) is 11.3 Å². The van der Waals surface area contributed by atoms with Gasteiger partial charge >= 0.3 is 6.09 Å². The summed E-state index contributed by atoms with van der Waals surface area (Å²) in [6.45, 7) is 5.33. The van der Waals surface area contributed by atoms with Gasteiger partial charge in [-0.25, -0.2) is 4.79 Å². The topological polar surface area (TPSA) is 78.8 Å². The third-order valence-electron chi connectivity index (χ3n) is 3.40. The van der Waals surface area contributed by atoms with Gasteiger partial charge in [0.15, 0.2) is 0 Å². The molecule has 1 amide bonds. The number of benzene rings is 1. The van der Waals surface area contributed by atoms with Gasteiger partial charge in [-0.05, 0) is 64.2 Å². The monoisotopic (exact) mass is 293 g/mol. The van der Waals surface area contributed by atoms with Crippen molar-refractivity contribution in [3.63, 3.8) is 0 Å². The van der Waals surface area contributed by atoms with E-state index in [-0.39, 0.29) is 5.75 Å². The zero-order chi connectivity index (χ0) is 15.7. The number of aliphatic hydroxyl groups is 1. The molecule has 1 saturated carbocycles. The first kappa shape index (κ1) is 15.6. The van der Waals surface area contributed by atoms with E-state index in [2.05, 4.69) is 5.32 Å². The summed E-state index contributed by atoms with van der Waals surface area (Å²) in [6.07, 6.45) is 2.52. The van der Waals surface area contributed by atoms with Crippen molar-refractivity contribution in [2.75, 3.05) is 5.32 Å². The van der Waals surface area contributed by atoms with Crippen molar-refractivity contribution in [2.45, 2.75) is 57.7 Å². The van der Waals surface area contributed by atoms with E-state index >= 15 is 0 Å². The average molecular weight is 293 g/mol. The maximum Gasteiger partial charge on any atom is 0.412 e. The van der Waals surface area contributed by atoms with Crippen molar-refractivity contribution in [1.29, 1.82) is 0 Å². The first-order valence-electron chi connectivity index (χ1n) is 7.21. The average Bonchev–Trinajstić information content (AvgIpc) is 3.06. The van der Waals surface area contributed by atoms with Gasteiger partial charge < -0.3 is 14.9 Å². The molecule has 1 aliphatic rings. The van der Waals surface area contributed by atoms with Crippen LogP contribution >= 0.6 is 0 Å². The highest BCUT2D eigenvalue weighted by Gasteiger charge is 2.39. The van der Waals surface area contributed by atoms with Crippen molar-refractivity contribution < 1.29 is 19.7 Å². The third-order valence-corrected chi connectivity index (χ3v) is 3.40. The lowest BCUT2D eigenvalue weighted by Crippen LogP contribution is -2.27. The van der Waals surface area contributed by atoms with E-state index in [9.17, 15) is 15.0 Å². The molecule has 2 rings (SSSR count). The Morgan fingerprint density at radius 3 is 2.62 bits per heavy atom. The quantitative estimate of drug-likeness (QED) is 0.745. The van der Waals surface area contributed by atoms with Crippen LogP contribution in [0.3, 0.4) is 0 Å². The number of carbonyl (C=O) groups excluding carboxylic acids is 1. The van der Waals surface area contributed by atoms with Crippen LogP contribution in [0.1, 0.15) is 45.6 Å². The van der Waals surface area contributed by atoms with Gasteiger partial charge in [-0.3, -0.25) is 5.32 Å². The van der Waals surface area contributed by atoms with E-state index in [0.29, 0.717) is 18.5 Å². The number of phenolic OH excluding ortho intramolecular Hbond substituents is 1. The van der Waals surface area contributed by atoms with Gasteiger partial charge in [-0.1, -0.05) is 6.07 Å². The Bertz CT molecular complexity index is 530. The van der Waals surface area contributed by atoms with Gasteiger partial charge in [0.1, 0.15) is 11.4 Å². The Balaban J connectivity index is 1.99. The van der Waals surface area contributed by atoms with Crippen LogP contribution in [-0.2, 0) is 11.2 Å². The number of hydrogen-bond donors (Lipinski definition) is 3. The van der Waals surface area contributed by atoms with Gasteiger partial charge in [0.25, 0.3) is 0 Å². The van der Waals surface area contributed by atoms with E-state index in [1.54, 1.807) is 39.0 Å². The number of carbonyl (C=O) groups is 1. The fourth-order valence-electron chi connectivity index (χ4n) is 2.02. The fraction of sp³-hybridized carbons (Fsp3) is 0.562. The first-order valence-corrected chi connectivity index (χ1v) is 7.21. The van der Waals surface area contributed by atoms with Crippen molar-refractivity contribution in [3.8, 4) is 5.75 Å². The fourth-order valence-corrected chi connectivity index (χ4v) is 2.02. The highest BCUT2D eigenvalue weighted by atomic mass is 16.6. The lowest BCUT2D eigenvalue weighted by atomic mass is 10.0. The maximum absolute atomic E-state index is 11.7. The van der Waals surface area contributed by atoms with Crippen molar-refractivity contribution in [3.05, 3.63) is 23.8 Å². The second-order valence-corrected chi connectivity index (χ2v) is 6.70. The van der Waals surface area contributed by atoms with E-state index in [1.807, 2.05) is 0 Å². The summed E-state index contributed by atoms with van der Waals surface area (Å²) in [5.41, 5.74) is 0.187. The number of hydrogen-bond acceptors (Lipinski definition) is 4. The standard InChI is InChI=1S/C16H23NO4/c1-15(2,3)21-14(19)17-12-10-11(4-5-13(12)18)6-7-16(20)8-9-16/h4-5,10,18,20H,6-9H2,1-3H3,(H,17,19). The predicted molar refractivity (Wildman–Crippen MR) is 80.5 cm³/mol. The number of rotatable bonds is 4. The van der Waals surface area contributed by atoms with Crippen LogP contribution in [0, 0.1) is 0 Å². The smallest absolute Gasteiger partial charge is 0.412 e. The highest BCUT2D eigenvalue weighted by Crippen LogP contribution is 2.39. The van der Waals surface area contributed by atoms with Crippen LogP contribution in [0.15, 0.2) is 18.2 Å². The molecule has 0 bridgehead atoms. The van der Waals surface area contributed by atoms with Crippen LogP contribution in [0.25, 0.3) is 0 Å². The summed E-state index contributed by atoms with van der Waals surface area (Å²) in [5.74, 6) is -0.00487. The minimum atomic E-state index is -0.601. The lowest BCUT2D eigenvalue weighted by Gasteiger charge is -2.20. The second kappa shape index (κ2) is 5.56. The largest absolute Gasteiger partial charge is 0.506 e. The molecule has 0 unspecified atom stereocenters. The molecule has 1 aromatic rings. The van der Waals surface area contributed by atoms with Gasteiger partial charge in [0, 0.05) is 0 Å². The molecular weight excluding hydrogens is 270 g/mol. The summed E-state index contributed by atoms with van der Waals surface area (Å²) < 4.78 is 5.16. The minimum Gasteiger partial charge on any atom is -0.506 e. The number of amides is 1. The number of aryl methyl sites for hydroxylation is 1. The van der Waals surface area contributed by atoms with Crippen LogP contribution in [-0.4, -0.2) is 27.5 Å². The molecule has 0 saturated heterocycles. The molecule has 0 spiro atoms. The SMILES string of the molecule is CC(C)(C)OC(=O)Nc1cc(CCC2(O)CC2)ccc1O. The number of ether oxygens (including phenoxy) is 1. The van der Waals surface area contributed by atoms with Crippen molar-refractivity contribution in [1.82, 2.24) is 0 Å². The van der Waals surface area contributed by atoms with E-state index in [1.165, 1.54) is 0 Å². The van der Waals surface area contributed by atoms with E-state index < -0.39 is 17.3 Å². The molecular formula is C16H23NO4. The second-order valence-electron chi connectivity index (χ2n) is 6.70. The van der Waals surface area contributed by atoms with Crippen LogP contribution in [0.4, 0.5) is 10.5 Å². The molecule has 1 aliphatic carbocycles. The molecule has 0 atom stereocenters. The number of phenols is 1. The zero-order valence-electron chi connectivity index (χ0n) is 12.8. The molecule has 0 aliphatic heterocycles. The summed E-state index contributed by atoms with van der Waals surface area (Å²) in [5, 5.41) is 22.2. The molecule has 5 heteroatoms. The maximum atomic E-state index is 11.7. The molecule has 5 nitrogen and oxygen atoms in total. The van der Waals surface area contributed by atoms with Crippen LogP contribution in [0.5, 0.6) is 5.75 Å². The minimum absolute atomic E-state index is 0.00487. The number of anilines is 1. The number of aromatic hydroxyl groups is 1. The van der Waals surface area contributed by atoms with Gasteiger partial charge in [-0.15, -0.1) is 0 Å². The van der Waals surface area contributed by atoms with Crippen molar-refractivity contribution >= 4 is 11.8 Å². The molecule has 0 radical (unpaired) electrons.